The van der Waals surface area contributed by atoms with Crippen molar-refractivity contribution in [1.29, 1.82) is 0 Å². The Morgan fingerprint density at radius 3 is 2.40 bits per heavy atom. The quantitative estimate of drug-likeness (QED) is 0.117. The molecule has 0 aromatic carbocycles. The van der Waals surface area contributed by atoms with Crippen LogP contribution in [-0.2, 0) is 39.9 Å². The second-order valence-corrected chi connectivity index (χ2v) is 17.4. The highest BCUT2D eigenvalue weighted by Crippen LogP contribution is 2.45. The lowest BCUT2D eigenvalue weighted by Gasteiger charge is -2.45. The van der Waals surface area contributed by atoms with Crippen LogP contribution in [0.25, 0.3) is 11.3 Å². The number of aryl methyl sites for hydroxylation is 1. The summed E-state index contributed by atoms with van der Waals surface area (Å²) >= 11 is 0. The van der Waals surface area contributed by atoms with E-state index in [4.69, 9.17) is 18.9 Å². The van der Waals surface area contributed by atoms with Gasteiger partial charge < -0.3 is 28.6 Å². The summed E-state index contributed by atoms with van der Waals surface area (Å²) < 4.78 is 27.2. The number of aromatic nitrogens is 3. The van der Waals surface area contributed by atoms with Gasteiger partial charge in [-0.25, -0.2) is 9.78 Å². The molecule has 0 bridgehead atoms. The maximum atomic E-state index is 14.8. The van der Waals surface area contributed by atoms with Crippen LogP contribution in [0.2, 0.25) is 0 Å². The Morgan fingerprint density at radius 1 is 1.02 bits per heavy atom. The minimum absolute atomic E-state index is 0.0906. The fraction of sp³-hybridized carbons (Fsp3) is 0.682. The van der Waals surface area contributed by atoms with Crippen LogP contribution in [0, 0.1) is 35.0 Å². The van der Waals surface area contributed by atoms with Gasteiger partial charge in [0.25, 0.3) is 0 Å². The minimum atomic E-state index is -1.49. The largest absolute Gasteiger partial charge is 0.457 e. The van der Waals surface area contributed by atoms with E-state index in [9.17, 15) is 24.3 Å². The van der Waals surface area contributed by atoms with Crippen LogP contribution in [0.5, 0.6) is 0 Å². The molecule has 314 valence electrons. The standard InChI is InChI=1S/C44H64N4O9/c1-11-17-44-34(12-2)55-40(52)31(8)37(51)30(7)39(56-41-36(50)26(3)21-28(5)54-41)43(9,10)22-27(4)35(49)29(6)38(44)48(42(53)57-44)20-14-13-19-47-24-33(46-25-47)32-16-15-18-45-23-32/h11,15-18,23-31,34,36,38-39,41,50H,12-14,19-22H2,1-10H3/b17-11-/t26-,27+,28+,29-,30-,31+,34+,36+,38+,39+,41?,44+/m0/s1. The molecule has 5 heterocycles. The molecule has 0 aliphatic carbocycles. The van der Waals surface area contributed by atoms with E-state index in [2.05, 4.69) is 9.97 Å². The monoisotopic (exact) mass is 792 g/mol. The second kappa shape index (κ2) is 18.3. The number of cyclic esters (lactones) is 1. The van der Waals surface area contributed by atoms with Crippen molar-refractivity contribution in [2.75, 3.05) is 6.54 Å². The SMILES string of the molecule is C/C=C\[C@]12OC(=O)N(CCCCn3cnc(-c4cccnc4)c3)[C@@H]1[C@@H](C)C(=O)[C@H](C)CC(C)(C)[C@H](OC1O[C@H](C)C[C@H](C)[C@H]1O)[C@@H](C)C(=O)[C@@H](C)C(=O)O[C@@H]2CC. The maximum Gasteiger partial charge on any atom is 0.411 e. The predicted octanol–water partition coefficient (Wildman–Crippen LogP) is 6.81. The van der Waals surface area contributed by atoms with Crippen LogP contribution in [0.15, 0.2) is 49.2 Å². The number of Topliss-reactive ketones (excluding diaryl/α,β-unsaturated/α-hetero) is 2. The van der Waals surface area contributed by atoms with Gasteiger partial charge >= 0.3 is 12.1 Å². The third kappa shape index (κ3) is 9.36. The molecule has 13 nitrogen and oxygen atoms in total. The zero-order valence-corrected chi connectivity index (χ0v) is 35.4. The Balaban J connectivity index is 1.46. The maximum absolute atomic E-state index is 14.8. The number of rotatable bonds is 10. The van der Waals surface area contributed by atoms with Crippen LogP contribution in [0.1, 0.15) is 101 Å². The van der Waals surface area contributed by atoms with Gasteiger partial charge in [-0.2, -0.15) is 0 Å². The van der Waals surface area contributed by atoms with Gasteiger partial charge in [0.2, 0.25) is 0 Å². The van der Waals surface area contributed by atoms with E-state index in [1.54, 1.807) is 49.6 Å². The molecule has 2 aromatic rings. The number of esters is 1. The van der Waals surface area contributed by atoms with Gasteiger partial charge in [-0.15, -0.1) is 0 Å². The number of ketones is 2. The molecule has 12 atom stereocenters. The summed E-state index contributed by atoms with van der Waals surface area (Å²) in [6.45, 7) is 19.3. The fourth-order valence-electron chi connectivity index (χ4n) is 9.54. The van der Waals surface area contributed by atoms with Gasteiger partial charge in [-0.05, 0) is 82.4 Å². The normalized spacial score (nSPS) is 35.5. The Bertz CT molecular complexity index is 1750. The lowest BCUT2D eigenvalue weighted by molar-refractivity contribution is -0.284. The van der Waals surface area contributed by atoms with Gasteiger partial charge in [-0.1, -0.05) is 54.5 Å². The van der Waals surface area contributed by atoms with Crippen molar-refractivity contribution in [2.24, 2.45) is 35.0 Å². The Morgan fingerprint density at radius 2 is 1.74 bits per heavy atom. The zero-order chi connectivity index (χ0) is 41.8. The van der Waals surface area contributed by atoms with E-state index in [1.807, 2.05) is 71.4 Å². The first kappa shape index (κ1) is 44.2. The molecular weight excluding hydrogens is 729 g/mol. The molecule has 3 saturated heterocycles. The number of amides is 1. The first-order valence-electron chi connectivity index (χ1n) is 20.8. The van der Waals surface area contributed by atoms with Gasteiger partial charge in [0.15, 0.2) is 17.7 Å². The third-order valence-electron chi connectivity index (χ3n) is 12.4. The van der Waals surface area contributed by atoms with Crippen molar-refractivity contribution < 1.29 is 43.2 Å². The van der Waals surface area contributed by atoms with Crippen LogP contribution in [-0.4, -0.2) is 97.1 Å². The number of hydrogen-bond acceptors (Lipinski definition) is 11. The summed E-state index contributed by atoms with van der Waals surface area (Å²) in [6, 6.07) is 3.01. The molecule has 1 amide bonds. The summed E-state index contributed by atoms with van der Waals surface area (Å²) in [6.07, 6.45) is 8.79. The van der Waals surface area contributed by atoms with Crippen molar-refractivity contribution in [1.82, 2.24) is 19.4 Å². The van der Waals surface area contributed by atoms with Crippen LogP contribution < -0.4 is 0 Å². The first-order chi connectivity index (χ1) is 26.9. The second-order valence-electron chi connectivity index (χ2n) is 17.4. The summed E-state index contributed by atoms with van der Waals surface area (Å²) in [5.41, 5.74) is -0.553. The number of aliphatic hydroxyl groups excluding tert-OH is 1. The fourth-order valence-corrected chi connectivity index (χ4v) is 9.54. The van der Waals surface area contributed by atoms with Crippen molar-refractivity contribution in [3.63, 3.8) is 0 Å². The molecule has 3 aliphatic rings. The number of ether oxygens (including phenoxy) is 4. The van der Waals surface area contributed by atoms with Crippen LogP contribution >= 0.6 is 0 Å². The lowest BCUT2D eigenvalue weighted by Crippen LogP contribution is -2.59. The number of carbonyl (C=O) groups is 4. The van der Waals surface area contributed by atoms with Crippen molar-refractivity contribution >= 4 is 23.6 Å². The average molecular weight is 793 g/mol. The number of carbonyl (C=O) groups excluding carboxylic acids is 4. The molecule has 5 rings (SSSR count). The summed E-state index contributed by atoms with van der Waals surface area (Å²) in [7, 11) is 0. The molecule has 0 radical (unpaired) electrons. The number of allylic oxidation sites excluding steroid dienone is 1. The molecule has 3 fully saturated rings. The Hall–Kier alpha value is -3.94. The van der Waals surface area contributed by atoms with E-state index < -0.39 is 83.2 Å². The number of nitrogens with zero attached hydrogens (tertiary/aromatic N) is 4. The van der Waals surface area contributed by atoms with Crippen LogP contribution in [0.4, 0.5) is 4.79 Å². The first-order valence-corrected chi connectivity index (χ1v) is 20.8. The lowest BCUT2D eigenvalue weighted by atomic mass is 9.69. The molecule has 13 heteroatoms. The number of unbranched alkanes of at least 4 members (excludes halogenated alkanes) is 1. The molecule has 1 unspecified atom stereocenters. The van der Waals surface area contributed by atoms with E-state index in [-0.39, 0.29) is 24.2 Å². The molecule has 0 spiro atoms. The number of imidazole rings is 1. The van der Waals surface area contributed by atoms with Gasteiger partial charge in [0.05, 0.1) is 30.3 Å². The van der Waals surface area contributed by atoms with E-state index >= 15 is 0 Å². The Labute approximate surface area is 337 Å². The smallest absolute Gasteiger partial charge is 0.411 e. The van der Waals surface area contributed by atoms with Gasteiger partial charge in [0, 0.05) is 55.0 Å². The summed E-state index contributed by atoms with van der Waals surface area (Å²) in [5, 5.41) is 11.1. The number of pyridine rings is 1. The zero-order valence-electron chi connectivity index (χ0n) is 35.4. The van der Waals surface area contributed by atoms with Crippen molar-refractivity contribution in [3.8, 4) is 11.3 Å². The van der Waals surface area contributed by atoms with E-state index in [1.165, 1.54) is 6.92 Å². The molecule has 0 saturated carbocycles. The molecule has 2 aromatic heterocycles. The number of aliphatic hydroxyl groups is 1. The van der Waals surface area contributed by atoms with Gasteiger partial charge in [0.1, 0.15) is 23.9 Å². The highest BCUT2D eigenvalue weighted by Gasteiger charge is 2.61. The van der Waals surface area contributed by atoms with Crippen molar-refractivity contribution in [3.05, 3.63) is 49.2 Å². The minimum Gasteiger partial charge on any atom is -0.457 e. The van der Waals surface area contributed by atoms with E-state index in [0.29, 0.717) is 38.8 Å². The molecular formula is C44H64N4O9. The topological polar surface area (TPSA) is 159 Å². The van der Waals surface area contributed by atoms with Gasteiger partial charge in [-0.3, -0.25) is 24.3 Å². The summed E-state index contributed by atoms with van der Waals surface area (Å²) in [4.78, 5) is 67.4. The highest BCUT2D eigenvalue weighted by atomic mass is 16.7. The number of hydrogen-bond donors (Lipinski definition) is 1. The van der Waals surface area contributed by atoms with Crippen LogP contribution in [0.3, 0.4) is 0 Å². The summed E-state index contributed by atoms with van der Waals surface area (Å²) in [5.74, 6) is -4.60. The van der Waals surface area contributed by atoms with Crippen molar-refractivity contribution in [2.45, 2.75) is 150 Å². The highest BCUT2D eigenvalue weighted by molar-refractivity contribution is 6.00. The predicted molar refractivity (Wildman–Crippen MR) is 213 cm³/mol. The molecule has 57 heavy (non-hydrogen) atoms. The third-order valence-corrected chi connectivity index (χ3v) is 12.4. The molecule has 3 aliphatic heterocycles. The molecule has 1 N–H and O–H groups in total. The Kier molecular flexibility index (Phi) is 14.2. The average Bonchev–Trinajstić information content (AvgIpc) is 3.76. The number of fused-ring (bicyclic) bond motifs is 1. The van der Waals surface area contributed by atoms with E-state index in [0.717, 1.165) is 11.3 Å².